The molecule has 0 saturated carbocycles. The Hall–Kier alpha value is -2.53. The Morgan fingerprint density at radius 2 is 1.92 bits per heavy atom. The van der Waals surface area contributed by atoms with Gasteiger partial charge in [0.2, 0.25) is 0 Å². The second-order valence-corrected chi connectivity index (χ2v) is 7.33. The Labute approximate surface area is 156 Å². The number of ketones is 1. The summed E-state index contributed by atoms with van der Waals surface area (Å²) in [5, 5.41) is 1.80. The van der Waals surface area contributed by atoms with Gasteiger partial charge in [0.05, 0.1) is 6.54 Å². The average Bonchev–Trinajstić information content (AvgIpc) is 3.09. The SMILES string of the molecule is CC(=O)c1c(C)[nH]c(C(=O)N2CCn3c(cc4cc(Cl)ccc43)C2)c1C. The lowest BCUT2D eigenvalue weighted by Crippen LogP contribution is -2.38. The number of hydrogen-bond acceptors (Lipinski definition) is 2. The first-order valence-electron chi connectivity index (χ1n) is 8.64. The molecule has 0 fully saturated rings. The molecule has 1 amide bonds. The maximum absolute atomic E-state index is 13.0. The molecule has 26 heavy (non-hydrogen) atoms. The molecule has 2 aromatic heterocycles. The van der Waals surface area contributed by atoms with Crippen LogP contribution < -0.4 is 0 Å². The number of aromatic amines is 1. The molecular weight excluding hydrogens is 350 g/mol. The molecule has 0 aliphatic carbocycles. The molecule has 5 nitrogen and oxygen atoms in total. The van der Waals surface area contributed by atoms with Crippen molar-refractivity contribution in [3.63, 3.8) is 0 Å². The third-order valence-corrected chi connectivity index (χ3v) is 5.42. The van der Waals surface area contributed by atoms with Crippen LogP contribution in [0.15, 0.2) is 24.3 Å². The van der Waals surface area contributed by atoms with E-state index < -0.39 is 0 Å². The van der Waals surface area contributed by atoms with Crippen LogP contribution in [0.3, 0.4) is 0 Å². The number of aromatic nitrogens is 2. The zero-order chi connectivity index (χ0) is 18.6. The molecule has 0 bridgehead atoms. The number of fused-ring (bicyclic) bond motifs is 3. The molecule has 4 rings (SSSR count). The molecule has 1 aliphatic rings. The van der Waals surface area contributed by atoms with Gasteiger partial charge in [0.25, 0.3) is 5.91 Å². The number of carbonyl (C=O) groups is 2. The lowest BCUT2D eigenvalue weighted by Gasteiger charge is -2.29. The molecule has 3 aromatic rings. The number of H-pyrrole nitrogens is 1. The molecule has 3 heterocycles. The summed E-state index contributed by atoms with van der Waals surface area (Å²) >= 11 is 6.10. The van der Waals surface area contributed by atoms with Gasteiger partial charge in [0, 0.05) is 46.0 Å². The van der Waals surface area contributed by atoms with E-state index in [0.717, 1.165) is 34.4 Å². The normalized spacial score (nSPS) is 13.9. The van der Waals surface area contributed by atoms with Crippen molar-refractivity contribution in [1.82, 2.24) is 14.5 Å². The van der Waals surface area contributed by atoms with Gasteiger partial charge in [0.1, 0.15) is 5.69 Å². The van der Waals surface area contributed by atoms with Crippen LogP contribution >= 0.6 is 11.6 Å². The topological polar surface area (TPSA) is 58.1 Å². The van der Waals surface area contributed by atoms with Crippen molar-refractivity contribution in [2.24, 2.45) is 0 Å². The molecule has 0 saturated heterocycles. The number of rotatable bonds is 2. The molecular formula is C20H20ClN3O2. The molecule has 0 radical (unpaired) electrons. The number of amides is 1. The number of Topliss-reactive ketones (excluding diaryl/α,β-unsaturated/α-hetero) is 1. The molecule has 1 aliphatic heterocycles. The lowest BCUT2D eigenvalue weighted by molar-refractivity contribution is 0.0706. The summed E-state index contributed by atoms with van der Waals surface area (Å²) in [4.78, 5) is 29.8. The molecule has 0 unspecified atom stereocenters. The van der Waals surface area contributed by atoms with Crippen LogP contribution in [-0.2, 0) is 13.1 Å². The standard InChI is InChI=1S/C20H20ClN3O2/c1-11-18(13(3)25)12(2)22-19(11)20(26)23-6-7-24-16(10-23)9-14-8-15(21)4-5-17(14)24/h4-5,8-9,22H,6-7,10H2,1-3H3. The largest absolute Gasteiger partial charge is 0.354 e. The van der Waals surface area contributed by atoms with Crippen LogP contribution in [0.5, 0.6) is 0 Å². The van der Waals surface area contributed by atoms with Crippen LogP contribution in [0.2, 0.25) is 5.02 Å². The predicted octanol–water partition coefficient (Wildman–Crippen LogP) is 4.10. The van der Waals surface area contributed by atoms with Crippen molar-refractivity contribution in [2.45, 2.75) is 33.9 Å². The van der Waals surface area contributed by atoms with Crippen LogP contribution in [0.1, 0.15) is 44.7 Å². The molecule has 1 N–H and O–H groups in total. The molecule has 0 spiro atoms. The van der Waals surface area contributed by atoms with Crippen LogP contribution in [0.25, 0.3) is 10.9 Å². The first-order chi connectivity index (χ1) is 12.4. The quantitative estimate of drug-likeness (QED) is 0.691. The van der Waals surface area contributed by atoms with Crippen molar-refractivity contribution in [2.75, 3.05) is 6.54 Å². The number of carbonyl (C=O) groups excluding carboxylic acids is 2. The summed E-state index contributed by atoms with van der Waals surface area (Å²) in [5.74, 6) is -0.0846. The van der Waals surface area contributed by atoms with E-state index in [1.54, 1.807) is 0 Å². The van der Waals surface area contributed by atoms with Crippen LogP contribution in [-0.4, -0.2) is 32.7 Å². The highest BCUT2D eigenvalue weighted by Gasteiger charge is 2.27. The Bertz CT molecular complexity index is 1060. The Morgan fingerprint density at radius 3 is 2.62 bits per heavy atom. The highest BCUT2D eigenvalue weighted by Crippen LogP contribution is 2.28. The maximum atomic E-state index is 13.0. The second-order valence-electron chi connectivity index (χ2n) is 6.90. The number of hydrogen-bond donors (Lipinski definition) is 1. The lowest BCUT2D eigenvalue weighted by atomic mass is 10.1. The van der Waals surface area contributed by atoms with E-state index in [1.165, 1.54) is 6.92 Å². The summed E-state index contributed by atoms with van der Waals surface area (Å²) in [6, 6.07) is 7.96. The third-order valence-electron chi connectivity index (χ3n) is 5.19. The van der Waals surface area contributed by atoms with E-state index in [9.17, 15) is 9.59 Å². The van der Waals surface area contributed by atoms with E-state index in [0.29, 0.717) is 29.4 Å². The van der Waals surface area contributed by atoms with Crippen LogP contribution in [0, 0.1) is 13.8 Å². The fraction of sp³-hybridized carbons (Fsp3) is 0.300. The van der Waals surface area contributed by atoms with Gasteiger partial charge in [-0.2, -0.15) is 0 Å². The van der Waals surface area contributed by atoms with Crippen molar-refractivity contribution in [1.29, 1.82) is 0 Å². The summed E-state index contributed by atoms with van der Waals surface area (Å²) in [7, 11) is 0. The van der Waals surface area contributed by atoms with Gasteiger partial charge in [-0.25, -0.2) is 0 Å². The van der Waals surface area contributed by atoms with Crippen molar-refractivity contribution in [3.05, 3.63) is 57.5 Å². The van der Waals surface area contributed by atoms with Crippen molar-refractivity contribution < 1.29 is 9.59 Å². The highest BCUT2D eigenvalue weighted by atomic mass is 35.5. The second kappa shape index (κ2) is 6.02. The average molecular weight is 370 g/mol. The Morgan fingerprint density at radius 1 is 1.15 bits per heavy atom. The zero-order valence-corrected chi connectivity index (χ0v) is 15.8. The minimum Gasteiger partial charge on any atom is -0.354 e. The zero-order valence-electron chi connectivity index (χ0n) is 15.0. The monoisotopic (exact) mass is 369 g/mol. The van der Waals surface area contributed by atoms with Gasteiger partial charge in [-0.05, 0) is 50.6 Å². The summed E-state index contributed by atoms with van der Waals surface area (Å²) < 4.78 is 2.24. The Kier molecular flexibility index (Phi) is 3.92. The van der Waals surface area contributed by atoms with E-state index in [1.807, 2.05) is 36.9 Å². The minimum atomic E-state index is -0.0624. The molecule has 134 valence electrons. The summed E-state index contributed by atoms with van der Waals surface area (Å²) in [5.41, 5.74) is 4.85. The van der Waals surface area contributed by atoms with Crippen LogP contribution in [0.4, 0.5) is 0 Å². The highest BCUT2D eigenvalue weighted by molar-refractivity contribution is 6.31. The van der Waals surface area contributed by atoms with E-state index in [2.05, 4.69) is 15.6 Å². The number of aryl methyl sites for hydroxylation is 1. The fourth-order valence-corrected chi connectivity index (χ4v) is 4.19. The fourth-order valence-electron chi connectivity index (χ4n) is 4.01. The summed E-state index contributed by atoms with van der Waals surface area (Å²) in [6.07, 6.45) is 0. The molecule has 6 heteroatoms. The van der Waals surface area contributed by atoms with Crippen molar-refractivity contribution in [3.8, 4) is 0 Å². The van der Waals surface area contributed by atoms with Gasteiger partial charge >= 0.3 is 0 Å². The predicted molar refractivity (Wildman–Crippen MR) is 102 cm³/mol. The van der Waals surface area contributed by atoms with Gasteiger partial charge in [0.15, 0.2) is 5.78 Å². The van der Waals surface area contributed by atoms with Gasteiger partial charge in [-0.1, -0.05) is 11.6 Å². The van der Waals surface area contributed by atoms with Crippen molar-refractivity contribution >= 4 is 34.2 Å². The van der Waals surface area contributed by atoms with Gasteiger partial charge < -0.3 is 14.5 Å². The molecule has 1 aromatic carbocycles. The van der Waals surface area contributed by atoms with E-state index in [-0.39, 0.29) is 11.7 Å². The number of nitrogens with one attached hydrogen (secondary N) is 1. The molecule has 0 atom stereocenters. The minimum absolute atomic E-state index is 0.0223. The number of benzene rings is 1. The van der Waals surface area contributed by atoms with Gasteiger partial charge in [-0.3, -0.25) is 9.59 Å². The smallest absolute Gasteiger partial charge is 0.270 e. The maximum Gasteiger partial charge on any atom is 0.270 e. The van der Waals surface area contributed by atoms with Gasteiger partial charge in [-0.15, -0.1) is 0 Å². The summed E-state index contributed by atoms with van der Waals surface area (Å²) in [6.45, 7) is 7.10. The first kappa shape index (κ1) is 16.9. The number of halogens is 1. The Balaban J connectivity index is 1.67. The third kappa shape index (κ3) is 2.54. The van der Waals surface area contributed by atoms with E-state index >= 15 is 0 Å². The van der Waals surface area contributed by atoms with E-state index in [4.69, 9.17) is 11.6 Å². The first-order valence-corrected chi connectivity index (χ1v) is 9.01. The number of nitrogens with zero attached hydrogens (tertiary/aromatic N) is 2.